The van der Waals surface area contributed by atoms with Crippen LogP contribution in [0.25, 0.3) is 0 Å². The number of hydrogen-bond donors (Lipinski definition) is 2. The largest absolute Gasteiger partial charge is 0.396 e. The highest BCUT2D eigenvalue weighted by atomic mass is 79.9. The van der Waals surface area contributed by atoms with Crippen molar-refractivity contribution in [2.45, 2.75) is 19.3 Å². The van der Waals surface area contributed by atoms with E-state index in [1.165, 1.54) is 0 Å². The standard InChI is InChI=1S/C11H15BrClNO/c12-9-4-5-11(10(13)8-9)14-6-2-1-3-7-15/h4-5,8,14-15H,1-3,6-7H2. The van der Waals surface area contributed by atoms with Crippen LogP contribution in [0.5, 0.6) is 0 Å². The Kier molecular flexibility index (Phi) is 6.06. The number of anilines is 1. The number of aliphatic hydroxyl groups is 1. The van der Waals surface area contributed by atoms with Crippen molar-refractivity contribution >= 4 is 33.2 Å². The van der Waals surface area contributed by atoms with E-state index in [2.05, 4.69) is 21.2 Å². The zero-order chi connectivity index (χ0) is 11.1. The SMILES string of the molecule is OCCCCCNc1ccc(Br)cc1Cl. The van der Waals surface area contributed by atoms with Crippen LogP contribution in [-0.2, 0) is 0 Å². The topological polar surface area (TPSA) is 32.3 Å². The van der Waals surface area contributed by atoms with Crippen molar-refractivity contribution in [2.24, 2.45) is 0 Å². The molecule has 0 aliphatic rings. The van der Waals surface area contributed by atoms with E-state index >= 15 is 0 Å². The van der Waals surface area contributed by atoms with Gasteiger partial charge in [-0.1, -0.05) is 27.5 Å². The highest BCUT2D eigenvalue weighted by Gasteiger charge is 1.99. The molecule has 1 aromatic rings. The maximum atomic E-state index is 8.61. The van der Waals surface area contributed by atoms with Gasteiger partial charge in [0, 0.05) is 17.6 Å². The molecule has 2 N–H and O–H groups in total. The average Bonchev–Trinajstić information content (AvgIpc) is 2.20. The van der Waals surface area contributed by atoms with Crippen LogP contribution in [0.15, 0.2) is 22.7 Å². The first-order chi connectivity index (χ1) is 7.24. The van der Waals surface area contributed by atoms with Crippen LogP contribution < -0.4 is 5.32 Å². The lowest BCUT2D eigenvalue weighted by atomic mass is 10.2. The van der Waals surface area contributed by atoms with Gasteiger partial charge in [0.15, 0.2) is 0 Å². The Morgan fingerprint density at radius 2 is 2.07 bits per heavy atom. The molecule has 0 saturated heterocycles. The zero-order valence-corrected chi connectivity index (χ0v) is 10.8. The molecule has 0 radical (unpaired) electrons. The highest BCUT2D eigenvalue weighted by molar-refractivity contribution is 9.10. The number of halogens is 2. The molecule has 0 atom stereocenters. The quantitative estimate of drug-likeness (QED) is 0.784. The third kappa shape index (κ3) is 4.87. The second-order valence-electron chi connectivity index (χ2n) is 3.34. The number of nitrogens with one attached hydrogen (secondary N) is 1. The summed E-state index contributed by atoms with van der Waals surface area (Å²) in [5, 5.41) is 12.6. The first kappa shape index (κ1) is 12.8. The molecule has 0 amide bonds. The minimum atomic E-state index is 0.277. The summed E-state index contributed by atoms with van der Waals surface area (Å²) >= 11 is 9.40. The van der Waals surface area contributed by atoms with E-state index in [0.29, 0.717) is 0 Å². The molecule has 1 aromatic carbocycles. The van der Waals surface area contributed by atoms with E-state index in [-0.39, 0.29) is 6.61 Å². The lowest BCUT2D eigenvalue weighted by molar-refractivity contribution is 0.283. The summed E-state index contributed by atoms with van der Waals surface area (Å²) in [6, 6.07) is 5.79. The van der Waals surface area contributed by atoms with Gasteiger partial charge in [0.25, 0.3) is 0 Å². The number of unbranched alkanes of at least 4 members (excludes halogenated alkanes) is 2. The predicted molar refractivity (Wildman–Crippen MR) is 68.6 cm³/mol. The van der Waals surface area contributed by atoms with Crippen LogP contribution in [0.4, 0.5) is 5.69 Å². The van der Waals surface area contributed by atoms with Gasteiger partial charge in [-0.15, -0.1) is 0 Å². The second kappa shape index (κ2) is 7.09. The molecular weight excluding hydrogens is 277 g/mol. The Labute approximate surface area is 104 Å². The van der Waals surface area contributed by atoms with E-state index in [9.17, 15) is 0 Å². The first-order valence-electron chi connectivity index (χ1n) is 5.04. The van der Waals surface area contributed by atoms with E-state index in [0.717, 1.165) is 41.0 Å². The lowest BCUT2D eigenvalue weighted by Gasteiger charge is -2.08. The molecule has 0 unspecified atom stereocenters. The molecular formula is C11H15BrClNO. The van der Waals surface area contributed by atoms with Gasteiger partial charge in [0.1, 0.15) is 0 Å². The van der Waals surface area contributed by atoms with E-state index in [4.69, 9.17) is 16.7 Å². The molecule has 0 spiro atoms. The Hall–Kier alpha value is -0.250. The summed E-state index contributed by atoms with van der Waals surface area (Å²) in [4.78, 5) is 0. The molecule has 1 rings (SSSR count). The molecule has 0 aliphatic heterocycles. The summed E-state index contributed by atoms with van der Waals surface area (Å²) in [5.41, 5.74) is 0.962. The van der Waals surface area contributed by atoms with Crippen LogP contribution in [0.1, 0.15) is 19.3 Å². The fourth-order valence-corrected chi connectivity index (χ4v) is 2.01. The minimum Gasteiger partial charge on any atom is -0.396 e. The van der Waals surface area contributed by atoms with E-state index in [1.807, 2.05) is 18.2 Å². The molecule has 2 nitrogen and oxygen atoms in total. The maximum absolute atomic E-state index is 8.61. The summed E-state index contributed by atoms with van der Waals surface area (Å²) in [6.07, 6.45) is 2.96. The monoisotopic (exact) mass is 291 g/mol. The third-order valence-electron chi connectivity index (χ3n) is 2.08. The molecule has 0 heterocycles. The predicted octanol–water partition coefficient (Wildman–Crippen LogP) is 3.68. The first-order valence-corrected chi connectivity index (χ1v) is 6.21. The average molecular weight is 293 g/mol. The number of rotatable bonds is 6. The van der Waals surface area contributed by atoms with Crippen molar-refractivity contribution in [3.63, 3.8) is 0 Å². The fourth-order valence-electron chi connectivity index (χ4n) is 1.27. The van der Waals surface area contributed by atoms with Crippen LogP contribution in [-0.4, -0.2) is 18.3 Å². The summed E-state index contributed by atoms with van der Waals surface area (Å²) < 4.78 is 0.985. The zero-order valence-electron chi connectivity index (χ0n) is 8.47. The molecule has 0 fully saturated rings. The van der Waals surface area contributed by atoms with Gasteiger partial charge in [0.05, 0.1) is 10.7 Å². The molecule has 0 aromatic heterocycles. The van der Waals surface area contributed by atoms with Crippen molar-refractivity contribution in [1.82, 2.24) is 0 Å². The summed E-state index contributed by atoms with van der Waals surface area (Å²) in [7, 11) is 0. The van der Waals surface area contributed by atoms with E-state index in [1.54, 1.807) is 0 Å². The molecule has 4 heteroatoms. The van der Waals surface area contributed by atoms with Crippen LogP contribution in [0.2, 0.25) is 5.02 Å². The number of hydrogen-bond acceptors (Lipinski definition) is 2. The number of benzene rings is 1. The van der Waals surface area contributed by atoms with Crippen molar-refractivity contribution in [3.8, 4) is 0 Å². The Bertz CT molecular complexity index is 307. The van der Waals surface area contributed by atoms with E-state index < -0.39 is 0 Å². The van der Waals surface area contributed by atoms with Gasteiger partial charge in [-0.2, -0.15) is 0 Å². The van der Waals surface area contributed by atoms with Gasteiger partial charge < -0.3 is 10.4 Å². The third-order valence-corrected chi connectivity index (χ3v) is 2.89. The minimum absolute atomic E-state index is 0.277. The molecule has 0 aliphatic carbocycles. The summed E-state index contributed by atoms with van der Waals surface area (Å²) in [6.45, 7) is 1.17. The van der Waals surface area contributed by atoms with Crippen LogP contribution >= 0.6 is 27.5 Å². The van der Waals surface area contributed by atoms with Gasteiger partial charge in [-0.3, -0.25) is 0 Å². The van der Waals surface area contributed by atoms with Gasteiger partial charge in [-0.25, -0.2) is 0 Å². The van der Waals surface area contributed by atoms with Crippen molar-refractivity contribution < 1.29 is 5.11 Å². The highest BCUT2D eigenvalue weighted by Crippen LogP contribution is 2.25. The Morgan fingerprint density at radius 1 is 1.27 bits per heavy atom. The van der Waals surface area contributed by atoms with Gasteiger partial charge in [0.2, 0.25) is 0 Å². The van der Waals surface area contributed by atoms with Gasteiger partial charge >= 0.3 is 0 Å². The van der Waals surface area contributed by atoms with Crippen molar-refractivity contribution in [1.29, 1.82) is 0 Å². The normalized spacial score (nSPS) is 10.3. The lowest BCUT2D eigenvalue weighted by Crippen LogP contribution is -2.02. The fraction of sp³-hybridized carbons (Fsp3) is 0.455. The van der Waals surface area contributed by atoms with Crippen molar-refractivity contribution in [2.75, 3.05) is 18.5 Å². The van der Waals surface area contributed by atoms with Crippen molar-refractivity contribution in [3.05, 3.63) is 27.7 Å². The second-order valence-corrected chi connectivity index (χ2v) is 4.66. The molecule has 84 valence electrons. The smallest absolute Gasteiger partial charge is 0.0648 e. The molecule has 15 heavy (non-hydrogen) atoms. The Balaban J connectivity index is 2.31. The summed E-state index contributed by atoms with van der Waals surface area (Å²) in [5.74, 6) is 0. The number of aliphatic hydroxyl groups excluding tert-OH is 1. The Morgan fingerprint density at radius 3 is 2.73 bits per heavy atom. The maximum Gasteiger partial charge on any atom is 0.0648 e. The molecule has 0 bridgehead atoms. The van der Waals surface area contributed by atoms with Crippen LogP contribution in [0, 0.1) is 0 Å². The van der Waals surface area contributed by atoms with Crippen LogP contribution in [0.3, 0.4) is 0 Å². The van der Waals surface area contributed by atoms with Gasteiger partial charge in [-0.05, 0) is 37.5 Å². The molecule has 0 saturated carbocycles.